The minimum absolute atomic E-state index is 0.328. The lowest BCUT2D eigenvalue weighted by atomic mass is 9.88. The summed E-state index contributed by atoms with van der Waals surface area (Å²) in [6.45, 7) is 5.26. The first kappa shape index (κ1) is 7.73. The maximum absolute atomic E-state index is 11.2. The van der Waals surface area contributed by atoms with Crippen LogP contribution in [0.3, 0.4) is 0 Å². The Morgan fingerprint density at radius 3 is 2.70 bits per heavy atom. The molecule has 1 saturated heterocycles. The normalized spacial score (nSPS) is 27.5. The molecule has 1 heterocycles. The average molecular weight is 142 g/mol. The third kappa shape index (κ3) is 1.57. The topological polar surface area (TPSA) is 33.7 Å². The van der Waals surface area contributed by atoms with Crippen molar-refractivity contribution in [2.75, 3.05) is 6.54 Å². The number of amides is 1. The number of carbonyl (C=O) groups excluding carboxylic acids is 1. The van der Waals surface area contributed by atoms with Gasteiger partial charge in [-0.1, -0.05) is 13.8 Å². The number of quaternary nitrogens is 1. The van der Waals surface area contributed by atoms with Gasteiger partial charge in [-0.15, -0.1) is 0 Å². The van der Waals surface area contributed by atoms with Gasteiger partial charge in [0, 0.05) is 0 Å². The molecule has 2 N–H and O–H groups in total. The molecule has 58 valence electrons. The Balaban J connectivity index is 2.48. The van der Waals surface area contributed by atoms with E-state index in [1.165, 1.54) is 6.42 Å². The third-order valence-corrected chi connectivity index (χ3v) is 2.23. The smallest absolute Gasteiger partial charge is 0.283 e. The van der Waals surface area contributed by atoms with Crippen LogP contribution in [0.4, 0.5) is 0 Å². The molecule has 0 bridgehead atoms. The summed E-state index contributed by atoms with van der Waals surface area (Å²) in [4.78, 5) is 11.2. The van der Waals surface area contributed by atoms with Gasteiger partial charge in [-0.2, -0.15) is 0 Å². The SMILES string of the molecule is CC(C)C1CCC[NH2+]C1=O. The monoisotopic (exact) mass is 142 g/mol. The molecule has 1 atom stereocenters. The van der Waals surface area contributed by atoms with Crippen LogP contribution in [-0.4, -0.2) is 12.5 Å². The molecule has 1 aliphatic heterocycles. The van der Waals surface area contributed by atoms with Gasteiger partial charge in [0.2, 0.25) is 0 Å². The summed E-state index contributed by atoms with van der Waals surface area (Å²) in [5.41, 5.74) is 0. The Hall–Kier alpha value is -0.370. The second-order valence-corrected chi connectivity index (χ2v) is 3.39. The molecule has 0 aromatic rings. The van der Waals surface area contributed by atoms with Crippen molar-refractivity contribution in [3.05, 3.63) is 0 Å². The number of carbonyl (C=O) groups is 1. The molecule has 1 fully saturated rings. The van der Waals surface area contributed by atoms with E-state index in [2.05, 4.69) is 13.8 Å². The summed E-state index contributed by atoms with van der Waals surface area (Å²) >= 11 is 0. The molecule has 0 radical (unpaired) electrons. The fraction of sp³-hybridized carbons (Fsp3) is 0.875. The summed E-state index contributed by atoms with van der Waals surface area (Å²) in [5.74, 6) is 1.24. The van der Waals surface area contributed by atoms with E-state index in [9.17, 15) is 4.79 Å². The molecule has 2 nitrogen and oxygen atoms in total. The Labute approximate surface area is 62.0 Å². The zero-order chi connectivity index (χ0) is 7.56. The zero-order valence-electron chi connectivity index (χ0n) is 6.76. The van der Waals surface area contributed by atoms with Crippen molar-refractivity contribution in [1.82, 2.24) is 0 Å². The number of primary amides is 1. The highest BCUT2D eigenvalue weighted by atomic mass is 16.1. The van der Waals surface area contributed by atoms with E-state index in [1.54, 1.807) is 0 Å². The van der Waals surface area contributed by atoms with Crippen molar-refractivity contribution in [3.63, 3.8) is 0 Å². The molecule has 1 rings (SSSR count). The molecular formula is C8H16NO+. The minimum Gasteiger partial charge on any atom is -0.283 e. The van der Waals surface area contributed by atoms with E-state index in [-0.39, 0.29) is 0 Å². The predicted molar refractivity (Wildman–Crippen MR) is 39.4 cm³/mol. The number of rotatable bonds is 1. The average Bonchev–Trinajstić information content (AvgIpc) is 1.88. The summed E-state index contributed by atoms with van der Waals surface area (Å²) in [5, 5.41) is 1.86. The summed E-state index contributed by atoms with van der Waals surface area (Å²) in [6.07, 6.45) is 2.31. The van der Waals surface area contributed by atoms with Crippen molar-refractivity contribution in [2.45, 2.75) is 26.7 Å². The van der Waals surface area contributed by atoms with Crippen LogP contribution in [0.1, 0.15) is 26.7 Å². The van der Waals surface area contributed by atoms with E-state index < -0.39 is 0 Å². The van der Waals surface area contributed by atoms with E-state index in [0.717, 1.165) is 13.0 Å². The van der Waals surface area contributed by atoms with Crippen molar-refractivity contribution in [3.8, 4) is 0 Å². The lowest BCUT2D eigenvalue weighted by Gasteiger charge is -2.20. The first-order valence-corrected chi connectivity index (χ1v) is 4.09. The van der Waals surface area contributed by atoms with Gasteiger partial charge in [-0.25, -0.2) is 4.79 Å². The van der Waals surface area contributed by atoms with Gasteiger partial charge in [0.15, 0.2) is 0 Å². The highest BCUT2D eigenvalue weighted by Crippen LogP contribution is 2.16. The quantitative estimate of drug-likeness (QED) is 0.555. The fourth-order valence-electron chi connectivity index (χ4n) is 1.54. The van der Waals surface area contributed by atoms with Gasteiger partial charge in [-0.05, 0) is 18.8 Å². The highest BCUT2D eigenvalue weighted by Gasteiger charge is 2.28. The van der Waals surface area contributed by atoms with Crippen LogP contribution in [0, 0.1) is 11.8 Å². The third-order valence-electron chi connectivity index (χ3n) is 2.23. The second-order valence-electron chi connectivity index (χ2n) is 3.39. The van der Waals surface area contributed by atoms with Gasteiger partial charge in [0.1, 0.15) is 0 Å². The number of hydrogen-bond donors (Lipinski definition) is 1. The lowest BCUT2D eigenvalue weighted by molar-refractivity contribution is -0.579. The molecule has 2 heteroatoms. The Bertz CT molecular complexity index is 131. The minimum atomic E-state index is 0.328. The molecule has 1 unspecified atom stereocenters. The van der Waals surface area contributed by atoms with Gasteiger partial charge < -0.3 is 0 Å². The van der Waals surface area contributed by atoms with Crippen LogP contribution in [0.15, 0.2) is 0 Å². The molecular weight excluding hydrogens is 126 g/mol. The van der Waals surface area contributed by atoms with Crippen LogP contribution in [0.2, 0.25) is 0 Å². The van der Waals surface area contributed by atoms with Gasteiger partial charge in [-0.3, -0.25) is 5.32 Å². The summed E-state index contributed by atoms with van der Waals surface area (Å²) in [6, 6.07) is 0. The van der Waals surface area contributed by atoms with E-state index in [4.69, 9.17) is 0 Å². The van der Waals surface area contributed by atoms with Crippen LogP contribution >= 0.6 is 0 Å². The first-order valence-electron chi connectivity index (χ1n) is 4.09. The molecule has 10 heavy (non-hydrogen) atoms. The fourth-order valence-corrected chi connectivity index (χ4v) is 1.54. The molecule has 0 aromatic heterocycles. The van der Waals surface area contributed by atoms with E-state index >= 15 is 0 Å². The van der Waals surface area contributed by atoms with Crippen molar-refractivity contribution < 1.29 is 10.1 Å². The van der Waals surface area contributed by atoms with E-state index in [1.807, 2.05) is 5.32 Å². The maximum atomic E-state index is 11.2. The van der Waals surface area contributed by atoms with Crippen molar-refractivity contribution in [2.24, 2.45) is 11.8 Å². The number of nitrogens with two attached hydrogens (primary N) is 1. The van der Waals surface area contributed by atoms with Crippen LogP contribution < -0.4 is 5.32 Å². The van der Waals surface area contributed by atoms with Gasteiger partial charge in [0.05, 0.1) is 12.5 Å². The van der Waals surface area contributed by atoms with Crippen molar-refractivity contribution in [1.29, 1.82) is 0 Å². The number of piperidine rings is 1. The summed E-state index contributed by atoms with van der Waals surface area (Å²) in [7, 11) is 0. The molecule has 0 saturated carbocycles. The largest absolute Gasteiger partial charge is 0.313 e. The first-order chi connectivity index (χ1) is 4.72. The van der Waals surface area contributed by atoms with Gasteiger partial charge >= 0.3 is 5.91 Å². The maximum Gasteiger partial charge on any atom is 0.313 e. The summed E-state index contributed by atoms with van der Waals surface area (Å²) < 4.78 is 0. The van der Waals surface area contributed by atoms with E-state index in [0.29, 0.717) is 17.7 Å². The molecule has 0 spiro atoms. The predicted octanol–water partition coefficient (Wildman–Crippen LogP) is 0.142. The zero-order valence-corrected chi connectivity index (χ0v) is 6.76. The van der Waals surface area contributed by atoms with Crippen molar-refractivity contribution >= 4 is 5.91 Å². The standard InChI is InChI=1S/C8H15NO/c1-6(2)7-4-3-5-9-8(7)10/h6-7H,3-5H2,1-2H3,(H,9,10)/p+1. The number of hydrogen-bond acceptors (Lipinski definition) is 1. The Morgan fingerprint density at radius 1 is 1.60 bits per heavy atom. The van der Waals surface area contributed by atoms with Crippen LogP contribution in [-0.2, 0) is 4.79 Å². The molecule has 1 aliphatic rings. The lowest BCUT2D eigenvalue weighted by Crippen LogP contribution is -2.91. The molecule has 0 aromatic carbocycles. The van der Waals surface area contributed by atoms with Crippen LogP contribution in [0.25, 0.3) is 0 Å². The van der Waals surface area contributed by atoms with Gasteiger partial charge in [0.25, 0.3) is 0 Å². The second kappa shape index (κ2) is 3.15. The van der Waals surface area contributed by atoms with Crippen LogP contribution in [0.5, 0.6) is 0 Å². The molecule has 0 aliphatic carbocycles. The molecule has 1 amide bonds. The highest BCUT2D eigenvalue weighted by molar-refractivity contribution is 5.69. The Morgan fingerprint density at radius 2 is 2.30 bits per heavy atom. The Kier molecular flexibility index (Phi) is 2.44.